The molecule has 1 unspecified atom stereocenters. The minimum Gasteiger partial charge on any atom is -0.314 e. The summed E-state index contributed by atoms with van der Waals surface area (Å²) in [6.07, 6.45) is 3.21. The summed E-state index contributed by atoms with van der Waals surface area (Å²) in [5.41, 5.74) is 0.182. The van der Waals surface area contributed by atoms with E-state index in [0.717, 1.165) is 25.8 Å². The lowest BCUT2D eigenvalue weighted by atomic mass is 10.0. The van der Waals surface area contributed by atoms with E-state index in [1.54, 1.807) is 0 Å². The molecule has 0 saturated carbocycles. The lowest BCUT2D eigenvalue weighted by Gasteiger charge is -2.17. The third-order valence-electron chi connectivity index (χ3n) is 3.06. The van der Waals surface area contributed by atoms with Gasteiger partial charge < -0.3 is 5.32 Å². The van der Waals surface area contributed by atoms with Crippen LogP contribution in [-0.2, 0) is 6.42 Å². The Morgan fingerprint density at radius 3 is 2.61 bits per heavy atom. The van der Waals surface area contributed by atoms with Crippen molar-refractivity contribution in [3.63, 3.8) is 0 Å². The molecule has 1 atom stereocenters. The van der Waals surface area contributed by atoms with Crippen LogP contribution in [0.5, 0.6) is 0 Å². The van der Waals surface area contributed by atoms with Gasteiger partial charge in [-0.05, 0) is 60.3 Å². The molecule has 0 heterocycles. The summed E-state index contributed by atoms with van der Waals surface area (Å²) in [6, 6.07) is 3.03. The van der Waals surface area contributed by atoms with Crippen LogP contribution in [0, 0.1) is 11.6 Å². The zero-order valence-electron chi connectivity index (χ0n) is 10.9. The van der Waals surface area contributed by atoms with Gasteiger partial charge in [-0.25, -0.2) is 8.78 Å². The molecule has 0 amide bonds. The molecule has 1 N–H and O–H groups in total. The monoisotopic (exact) mass is 319 g/mol. The van der Waals surface area contributed by atoms with E-state index in [9.17, 15) is 8.78 Å². The van der Waals surface area contributed by atoms with E-state index in [0.29, 0.717) is 16.9 Å². The summed E-state index contributed by atoms with van der Waals surface area (Å²) in [4.78, 5) is 0. The van der Waals surface area contributed by atoms with Crippen molar-refractivity contribution in [1.82, 2.24) is 5.32 Å². The van der Waals surface area contributed by atoms with Gasteiger partial charge in [0, 0.05) is 11.6 Å². The molecule has 1 aromatic rings. The van der Waals surface area contributed by atoms with E-state index in [1.165, 1.54) is 12.1 Å². The molecule has 18 heavy (non-hydrogen) atoms. The maximum atomic E-state index is 13.8. The van der Waals surface area contributed by atoms with E-state index in [4.69, 9.17) is 0 Å². The Balaban J connectivity index is 2.64. The van der Waals surface area contributed by atoms with Gasteiger partial charge in [-0.15, -0.1) is 0 Å². The second kappa shape index (κ2) is 7.85. The van der Waals surface area contributed by atoms with Gasteiger partial charge in [0.15, 0.2) is 0 Å². The summed E-state index contributed by atoms with van der Waals surface area (Å²) >= 11 is 3.09. The topological polar surface area (TPSA) is 12.0 Å². The summed E-state index contributed by atoms with van der Waals surface area (Å²) in [6.45, 7) is 5.14. The van der Waals surface area contributed by atoms with Crippen molar-refractivity contribution in [3.05, 3.63) is 33.8 Å². The van der Waals surface area contributed by atoms with Crippen molar-refractivity contribution in [2.75, 3.05) is 6.54 Å². The predicted octanol–water partition coefficient (Wildman–Crippen LogP) is 4.44. The lowest BCUT2D eigenvalue weighted by Crippen LogP contribution is -2.29. The van der Waals surface area contributed by atoms with E-state index in [2.05, 4.69) is 35.1 Å². The molecule has 0 bridgehead atoms. The number of benzene rings is 1. The Labute approximate surface area is 116 Å². The molecule has 0 saturated heterocycles. The van der Waals surface area contributed by atoms with Crippen LogP contribution in [-0.4, -0.2) is 12.6 Å². The molecule has 1 nitrogen and oxygen atoms in total. The quantitative estimate of drug-likeness (QED) is 0.733. The molecule has 1 aromatic carbocycles. The molecular formula is C14H20BrF2N. The van der Waals surface area contributed by atoms with Gasteiger partial charge in [-0.3, -0.25) is 0 Å². The summed E-state index contributed by atoms with van der Waals surface area (Å²) in [5.74, 6) is -0.929. The molecule has 4 heteroatoms. The molecule has 102 valence electrons. The van der Waals surface area contributed by atoms with E-state index in [1.807, 2.05) is 0 Å². The second-order valence-electron chi connectivity index (χ2n) is 4.42. The second-order valence-corrected chi connectivity index (χ2v) is 5.27. The molecule has 0 aliphatic carbocycles. The highest BCUT2D eigenvalue weighted by molar-refractivity contribution is 9.10. The zero-order chi connectivity index (χ0) is 13.5. The third kappa shape index (κ3) is 4.32. The first-order chi connectivity index (χ1) is 8.60. The highest BCUT2D eigenvalue weighted by Gasteiger charge is 2.14. The first kappa shape index (κ1) is 15.6. The van der Waals surface area contributed by atoms with Crippen LogP contribution in [0.4, 0.5) is 8.78 Å². The van der Waals surface area contributed by atoms with Crippen LogP contribution >= 0.6 is 15.9 Å². The van der Waals surface area contributed by atoms with Crippen LogP contribution < -0.4 is 5.32 Å². The van der Waals surface area contributed by atoms with Crippen molar-refractivity contribution >= 4 is 15.9 Å². The standard InChI is InChI=1S/C14H20BrF2N/c1-3-9-18-10(4-2)5-6-11-13(16)8-7-12(15)14(11)17/h7-8,10,18H,3-6,9H2,1-2H3. The van der Waals surface area contributed by atoms with Crippen molar-refractivity contribution in [2.45, 2.75) is 45.6 Å². The molecular weight excluding hydrogens is 300 g/mol. The first-order valence-corrected chi connectivity index (χ1v) is 7.25. The number of hydrogen-bond donors (Lipinski definition) is 1. The number of halogens is 3. The average Bonchev–Trinajstić information content (AvgIpc) is 2.37. The van der Waals surface area contributed by atoms with Crippen molar-refractivity contribution in [2.24, 2.45) is 0 Å². The number of rotatable bonds is 7. The number of nitrogens with one attached hydrogen (secondary N) is 1. The summed E-state index contributed by atoms with van der Waals surface area (Å²) in [7, 11) is 0. The SMILES string of the molecule is CCCNC(CC)CCc1c(F)ccc(Br)c1F. The van der Waals surface area contributed by atoms with Crippen LogP contribution in [0.1, 0.15) is 38.7 Å². The van der Waals surface area contributed by atoms with Crippen LogP contribution in [0.25, 0.3) is 0 Å². The van der Waals surface area contributed by atoms with Crippen molar-refractivity contribution in [1.29, 1.82) is 0 Å². The van der Waals surface area contributed by atoms with E-state index in [-0.39, 0.29) is 5.56 Å². The zero-order valence-corrected chi connectivity index (χ0v) is 12.5. The highest BCUT2D eigenvalue weighted by Crippen LogP contribution is 2.23. The Morgan fingerprint density at radius 1 is 1.28 bits per heavy atom. The van der Waals surface area contributed by atoms with Gasteiger partial charge in [0.05, 0.1) is 4.47 Å². The lowest BCUT2D eigenvalue weighted by molar-refractivity contribution is 0.456. The average molecular weight is 320 g/mol. The van der Waals surface area contributed by atoms with E-state index >= 15 is 0 Å². The molecule has 0 spiro atoms. The fourth-order valence-electron chi connectivity index (χ4n) is 1.92. The molecule has 0 radical (unpaired) electrons. The van der Waals surface area contributed by atoms with Crippen molar-refractivity contribution in [3.8, 4) is 0 Å². The Hall–Kier alpha value is -0.480. The third-order valence-corrected chi connectivity index (χ3v) is 3.67. The minimum absolute atomic E-state index is 0.182. The molecule has 0 aromatic heterocycles. The maximum absolute atomic E-state index is 13.8. The largest absolute Gasteiger partial charge is 0.314 e. The van der Waals surface area contributed by atoms with E-state index < -0.39 is 11.6 Å². The van der Waals surface area contributed by atoms with Gasteiger partial charge in [0.25, 0.3) is 0 Å². The smallest absolute Gasteiger partial charge is 0.143 e. The molecule has 0 aliphatic heterocycles. The summed E-state index contributed by atoms with van der Waals surface area (Å²) < 4.78 is 27.6. The van der Waals surface area contributed by atoms with Gasteiger partial charge in [0.2, 0.25) is 0 Å². The van der Waals surface area contributed by atoms with Gasteiger partial charge in [0.1, 0.15) is 11.6 Å². The summed E-state index contributed by atoms with van der Waals surface area (Å²) in [5, 5.41) is 3.39. The van der Waals surface area contributed by atoms with Gasteiger partial charge >= 0.3 is 0 Å². The van der Waals surface area contributed by atoms with Gasteiger partial charge in [-0.2, -0.15) is 0 Å². The van der Waals surface area contributed by atoms with Crippen LogP contribution in [0.15, 0.2) is 16.6 Å². The van der Waals surface area contributed by atoms with Crippen LogP contribution in [0.3, 0.4) is 0 Å². The predicted molar refractivity (Wildman–Crippen MR) is 74.8 cm³/mol. The maximum Gasteiger partial charge on any atom is 0.143 e. The first-order valence-electron chi connectivity index (χ1n) is 6.45. The minimum atomic E-state index is -0.472. The van der Waals surface area contributed by atoms with Crippen molar-refractivity contribution < 1.29 is 8.78 Å². The highest BCUT2D eigenvalue weighted by atomic mass is 79.9. The van der Waals surface area contributed by atoms with Gasteiger partial charge in [-0.1, -0.05) is 13.8 Å². The Kier molecular flexibility index (Phi) is 6.79. The fraction of sp³-hybridized carbons (Fsp3) is 0.571. The number of hydrogen-bond acceptors (Lipinski definition) is 1. The normalized spacial score (nSPS) is 12.7. The molecule has 0 fully saturated rings. The Bertz CT molecular complexity index is 382. The van der Waals surface area contributed by atoms with Crippen LogP contribution in [0.2, 0.25) is 0 Å². The Morgan fingerprint density at radius 2 is 2.00 bits per heavy atom. The molecule has 1 rings (SSSR count). The fourth-order valence-corrected chi connectivity index (χ4v) is 2.29. The molecule has 0 aliphatic rings.